The summed E-state index contributed by atoms with van der Waals surface area (Å²) < 4.78 is 0. The second kappa shape index (κ2) is 5.63. The normalized spacial score (nSPS) is 25.0. The van der Waals surface area contributed by atoms with Gasteiger partial charge in [0.25, 0.3) is 0 Å². The lowest BCUT2D eigenvalue weighted by Gasteiger charge is -2.28. The summed E-state index contributed by atoms with van der Waals surface area (Å²) in [6, 6.07) is 3.25. The summed E-state index contributed by atoms with van der Waals surface area (Å²) in [5.74, 6) is 3.57. The molecule has 0 amide bonds. The van der Waals surface area contributed by atoms with E-state index in [1.807, 2.05) is 11.8 Å². The quantitative estimate of drug-likeness (QED) is 0.720. The van der Waals surface area contributed by atoms with Crippen LogP contribution < -0.4 is 5.32 Å². The standard InChI is InChI=1S/C14H24N2S/c1-3-11(2)8-17-10-14(9-15,12-4-5-12)16-13-6-7-13/h11-13,16H,3-8,10H2,1-2H3. The molecule has 2 saturated carbocycles. The molecule has 2 unspecified atom stereocenters. The Morgan fingerprint density at radius 2 is 2.12 bits per heavy atom. The summed E-state index contributed by atoms with van der Waals surface area (Å²) in [5, 5.41) is 13.2. The minimum absolute atomic E-state index is 0.209. The van der Waals surface area contributed by atoms with E-state index in [0.29, 0.717) is 12.0 Å². The Morgan fingerprint density at radius 1 is 1.41 bits per heavy atom. The zero-order valence-corrected chi connectivity index (χ0v) is 11.9. The molecule has 0 aromatic rings. The van der Waals surface area contributed by atoms with Crippen molar-refractivity contribution in [1.29, 1.82) is 5.26 Å². The van der Waals surface area contributed by atoms with Crippen LogP contribution in [0.1, 0.15) is 46.0 Å². The Morgan fingerprint density at radius 3 is 2.59 bits per heavy atom. The predicted molar refractivity (Wildman–Crippen MR) is 74.0 cm³/mol. The van der Waals surface area contributed by atoms with Gasteiger partial charge in [0, 0.05) is 11.8 Å². The van der Waals surface area contributed by atoms with Crippen LogP contribution in [0.2, 0.25) is 0 Å². The zero-order chi connectivity index (χ0) is 12.3. The summed E-state index contributed by atoms with van der Waals surface area (Å²) in [6.07, 6.45) is 6.28. The topological polar surface area (TPSA) is 35.8 Å². The van der Waals surface area contributed by atoms with Crippen LogP contribution in [0, 0.1) is 23.2 Å². The van der Waals surface area contributed by atoms with Gasteiger partial charge in [0.2, 0.25) is 0 Å². The minimum atomic E-state index is -0.209. The minimum Gasteiger partial charge on any atom is -0.296 e. The van der Waals surface area contributed by atoms with Crippen LogP contribution in [0.15, 0.2) is 0 Å². The summed E-state index contributed by atoms with van der Waals surface area (Å²) in [7, 11) is 0. The molecule has 0 aromatic carbocycles. The molecule has 0 bridgehead atoms. The van der Waals surface area contributed by atoms with Crippen LogP contribution in [0.5, 0.6) is 0 Å². The van der Waals surface area contributed by atoms with Crippen LogP contribution >= 0.6 is 11.8 Å². The Hall–Kier alpha value is -0.200. The highest BCUT2D eigenvalue weighted by atomic mass is 32.2. The molecule has 0 aliphatic heterocycles. The van der Waals surface area contributed by atoms with E-state index in [9.17, 15) is 5.26 Å². The van der Waals surface area contributed by atoms with Crippen molar-refractivity contribution in [3.8, 4) is 6.07 Å². The van der Waals surface area contributed by atoms with E-state index in [2.05, 4.69) is 25.2 Å². The summed E-state index contributed by atoms with van der Waals surface area (Å²) >= 11 is 1.97. The third kappa shape index (κ3) is 3.63. The maximum absolute atomic E-state index is 9.56. The summed E-state index contributed by atoms with van der Waals surface area (Å²) in [4.78, 5) is 0. The Kier molecular flexibility index (Phi) is 4.38. The molecule has 0 radical (unpaired) electrons. The number of nitriles is 1. The molecular weight excluding hydrogens is 228 g/mol. The Labute approximate surface area is 110 Å². The van der Waals surface area contributed by atoms with Crippen molar-refractivity contribution >= 4 is 11.8 Å². The lowest BCUT2D eigenvalue weighted by molar-refractivity contribution is 0.401. The average molecular weight is 252 g/mol. The van der Waals surface area contributed by atoms with Gasteiger partial charge in [-0.3, -0.25) is 5.32 Å². The van der Waals surface area contributed by atoms with Gasteiger partial charge in [-0.15, -0.1) is 0 Å². The van der Waals surface area contributed by atoms with Crippen LogP contribution in [0.4, 0.5) is 0 Å². The monoisotopic (exact) mass is 252 g/mol. The van der Waals surface area contributed by atoms with E-state index in [4.69, 9.17) is 0 Å². The smallest absolute Gasteiger partial charge is 0.118 e. The first-order chi connectivity index (χ1) is 8.20. The zero-order valence-electron chi connectivity index (χ0n) is 11.0. The van der Waals surface area contributed by atoms with Crippen molar-refractivity contribution in [2.24, 2.45) is 11.8 Å². The van der Waals surface area contributed by atoms with Gasteiger partial charge in [-0.05, 0) is 43.3 Å². The number of rotatable bonds is 8. The fourth-order valence-corrected chi connectivity index (χ4v) is 3.60. The van der Waals surface area contributed by atoms with Crippen LogP contribution in [-0.4, -0.2) is 23.1 Å². The first-order valence-electron chi connectivity index (χ1n) is 6.97. The van der Waals surface area contributed by atoms with Gasteiger partial charge in [0.1, 0.15) is 5.54 Å². The molecule has 2 fully saturated rings. The number of nitrogens with one attached hydrogen (secondary N) is 1. The lowest BCUT2D eigenvalue weighted by Crippen LogP contribution is -2.49. The summed E-state index contributed by atoms with van der Waals surface area (Å²) in [5.41, 5.74) is -0.209. The molecule has 3 heteroatoms. The average Bonchev–Trinajstić information content (AvgIpc) is 3.18. The third-order valence-electron chi connectivity index (χ3n) is 3.94. The highest BCUT2D eigenvalue weighted by Gasteiger charge is 2.48. The number of hydrogen-bond donors (Lipinski definition) is 1. The molecule has 2 atom stereocenters. The summed E-state index contributed by atoms with van der Waals surface area (Å²) in [6.45, 7) is 4.54. The van der Waals surface area contributed by atoms with E-state index in [-0.39, 0.29) is 5.54 Å². The third-order valence-corrected chi connectivity index (χ3v) is 5.41. The van der Waals surface area contributed by atoms with Gasteiger partial charge < -0.3 is 0 Å². The van der Waals surface area contributed by atoms with Gasteiger partial charge in [0.05, 0.1) is 6.07 Å². The van der Waals surface area contributed by atoms with Crippen molar-refractivity contribution in [1.82, 2.24) is 5.32 Å². The Bertz CT molecular complexity index is 291. The highest BCUT2D eigenvalue weighted by Crippen LogP contribution is 2.43. The van der Waals surface area contributed by atoms with Gasteiger partial charge >= 0.3 is 0 Å². The van der Waals surface area contributed by atoms with Gasteiger partial charge in [-0.1, -0.05) is 20.3 Å². The largest absolute Gasteiger partial charge is 0.296 e. The number of nitrogens with zero attached hydrogens (tertiary/aromatic N) is 1. The van der Waals surface area contributed by atoms with Crippen molar-refractivity contribution in [3.63, 3.8) is 0 Å². The van der Waals surface area contributed by atoms with Gasteiger partial charge in [0.15, 0.2) is 0 Å². The molecule has 2 aliphatic carbocycles. The molecule has 0 heterocycles. The van der Waals surface area contributed by atoms with Crippen molar-refractivity contribution in [3.05, 3.63) is 0 Å². The fraction of sp³-hybridized carbons (Fsp3) is 0.929. The molecule has 17 heavy (non-hydrogen) atoms. The van der Waals surface area contributed by atoms with E-state index >= 15 is 0 Å². The fourth-order valence-electron chi connectivity index (χ4n) is 2.14. The first-order valence-corrected chi connectivity index (χ1v) is 8.12. The Balaban J connectivity index is 1.84. The molecule has 2 rings (SSSR count). The van der Waals surface area contributed by atoms with E-state index < -0.39 is 0 Å². The van der Waals surface area contributed by atoms with Crippen molar-refractivity contribution in [2.45, 2.75) is 57.5 Å². The van der Waals surface area contributed by atoms with E-state index in [1.54, 1.807) is 0 Å². The molecule has 2 nitrogen and oxygen atoms in total. The van der Waals surface area contributed by atoms with Gasteiger partial charge in [-0.25, -0.2) is 0 Å². The first kappa shape index (κ1) is 13.2. The van der Waals surface area contributed by atoms with Crippen LogP contribution in [0.25, 0.3) is 0 Å². The molecule has 96 valence electrons. The maximum atomic E-state index is 9.56. The molecule has 0 saturated heterocycles. The lowest BCUT2D eigenvalue weighted by atomic mass is 9.97. The predicted octanol–water partition coefficient (Wildman–Crippen LogP) is 3.19. The molecule has 0 spiro atoms. The second-order valence-electron chi connectivity index (χ2n) is 5.80. The van der Waals surface area contributed by atoms with Gasteiger partial charge in [-0.2, -0.15) is 17.0 Å². The SMILES string of the molecule is CCC(C)CSCC(C#N)(NC1CC1)C1CC1. The van der Waals surface area contributed by atoms with E-state index in [1.165, 1.54) is 37.9 Å². The number of thioether (sulfide) groups is 1. The molecule has 0 aromatic heterocycles. The molecule has 2 aliphatic rings. The molecular formula is C14H24N2S. The maximum Gasteiger partial charge on any atom is 0.118 e. The van der Waals surface area contributed by atoms with Crippen molar-refractivity contribution in [2.75, 3.05) is 11.5 Å². The van der Waals surface area contributed by atoms with Crippen LogP contribution in [-0.2, 0) is 0 Å². The van der Waals surface area contributed by atoms with E-state index in [0.717, 1.165) is 11.7 Å². The van der Waals surface area contributed by atoms with Crippen LogP contribution in [0.3, 0.4) is 0 Å². The second-order valence-corrected chi connectivity index (χ2v) is 6.83. The number of hydrogen-bond acceptors (Lipinski definition) is 3. The molecule has 1 N–H and O–H groups in total. The highest BCUT2D eigenvalue weighted by molar-refractivity contribution is 7.99. The van der Waals surface area contributed by atoms with Crippen molar-refractivity contribution < 1.29 is 0 Å².